The molecule has 0 unspecified atom stereocenters. The smallest absolute Gasteiger partial charge is 0.259 e. The molecule has 0 bridgehead atoms. The van der Waals surface area contributed by atoms with E-state index >= 15 is 0 Å². The van der Waals surface area contributed by atoms with Gasteiger partial charge in [-0.05, 0) is 48.6 Å². The number of para-hydroxylation sites is 1. The fraction of sp³-hybridized carbons (Fsp3) is 0.391. The molecule has 1 aromatic heterocycles. The van der Waals surface area contributed by atoms with E-state index in [1.165, 1.54) is 33.7 Å². The second-order valence-electron chi connectivity index (χ2n) is 8.46. The van der Waals surface area contributed by atoms with E-state index in [9.17, 15) is 13.2 Å². The molecular weight excluding hydrogens is 446 g/mol. The average molecular weight is 474 g/mol. The summed E-state index contributed by atoms with van der Waals surface area (Å²) < 4.78 is 34.8. The highest BCUT2D eigenvalue weighted by Crippen LogP contribution is 2.33. The van der Waals surface area contributed by atoms with E-state index < -0.39 is 10.0 Å². The molecule has 0 radical (unpaired) electrons. The number of rotatable bonds is 5. The van der Waals surface area contributed by atoms with E-state index in [0.29, 0.717) is 18.2 Å². The number of ether oxygens (including phenoxy) is 1. The summed E-state index contributed by atoms with van der Waals surface area (Å²) in [6.45, 7) is 5.03. The molecule has 0 N–H and O–H groups in total. The Labute approximate surface area is 192 Å². The molecule has 3 aromatic rings. The van der Waals surface area contributed by atoms with Crippen LogP contribution in [0.4, 0.5) is 5.13 Å². The van der Waals surface area contributed by atoms with Crippen LogP contribution in [0.2, 0.25) is 0 Å². The van der Waals surface area contributed by atoms with Gasteiger partial charge in [0.05, 0.1) is 17.3 Å². The molecule has 1 aliphatic heterocycles. The van der Waals surface area contributed by atoms with Crippen LogP contribution in [-0.4, -0.2) is 50.9 Å². The zero-order valence-corrected chi connectivity index (χ0v) is 20.2. The first kappa shape index (κ1) is 22.7. The van der Waals surface area contributed by atoms with Crippen LogP contribution in [0.1, 0.15) is 30.6 Å². The second kappa shape index (κ2) is 8.80. The summed E-state index contributed by atoms with van der Waals surface area (Å²) in [5.41, 5.74) is 1.09. The molecule has 1 fully saturated rings. The molecule has 2 aromatic carbocycles. The number of amides is 1. The lowest BCUT2D eigenvalue weighted by molar-refractivity contribution is 0.0992. The Bertz CT molecular complexity index is 1210. The van der Waals surface area contributed by atoms with Gasteiger partial charge >= 0.3 is 0 Å². The number of carbonyl (C=O) groups is 1. The summed E-state index contributed by atoms with van der Waals surface area (Å²) in [6, 6.07) is 12.2. The third kappa shape index (κ3) is 4.24. The lowest BCUT2D eigenvalue weighted by atomic mass is 9.94. The van der Waals surface area contributed by atoms with Gasteiger partial charge in [0.2, 0.25) is 10.0 Å². The van der Waals surface area contributed by atoms with Crippen molar-refractivity contribution < 1.29 is 17.9 Å². The van der Waals surface area contributed by atoms with Gasteiger partial charge in [-0.1, -0.05) is 37.3 Å². The van der Waals surface area contributed by atoms with Gasteiger partial charge < -0.3 is 4.74 Å². The third-order valence-electron chi connectivity index (χ3n) is 5.74. The first-order valence-electron chi connectivity index (χ1n) is 10.5. The molecule has 0 spiro atoms. The highest BCUT2D eigenvalue weighted by atomic mass is 32.2. The number of piperidine rings is 1. The second-order valence-corrected chi connectivity index (χ2v) is 11.4. The first-order valence-corrected chi connectivity index (χ1v) is 12.8. The van der Waals surface area contributed by atoms with Gasteiger partial charge in [-0.15, -0.1) is 0 Å². The van der Waals surface area contributed by atoms with Crippen molar-refractivity contribution in [2.75, 3.05) is 32.1 Å². The number of anilines is 1. The zero-order chi connectivity index (χ0) is 23.0. The standard InChI is InChI=1S/C23H27N3O4S2/c1-15-11-16(2)14-26(13-15)32(28,29)21-12-17(9-10-19(21)30-4)22(27)25(3)23-24-18-7-5-6-8-20(18)31-23/h5-10,12,15-16H,11,13-14H2,1-4H3/t15-,16+. The fourth-order valence-corrected chi connectivity index (χ4v) is 7.02. The maximum absolute atomic E-state index is 13.5. The fourth-order valence-electron chi connectivity index (χ4n) is 4.24. The van der Waals surface area contributed by atoms with Crippen LogP contribution in [0.3, 0.4) is 0 Å². The van der Waals surface area contributed by atoms with E-state index in [0.717, 1.165) is 16.6 Å². The van der Waals surface area contributed by atoms with Crippen LogP contribution in [0.15, 0.2) is 47.4 Å². The van der Waals surface area contributed by atoms with Crippen LogP contribution in [0.5, 0.6) is 5.75 Å². The summed E-state index contributed by atoms with van der Waals surface area (Å²) in [6.07, 6.45) is 0.995. The normalized spacial score (nSPS) is 19.8. The Morgan fingerprint density at radius 2 is 1.84 bits per heavy atom. The molecule has 170 valence electrons. The van der Waals surface area contributed by atoms with Gasteiger partial charge in [0.15, 0.2) is 5.13 Å². The molecule has 0 saturated carbocycles. The Morgan fingerprint density at radius 1 is 1.16 bits per heavy atom. The first-order chi connectivity index (χ1) is 15.2. The number of methoxy groups -OCH3 is 1. The Hall–Kier alpha value is -2.49. The van der Waals surface area contributed by atoms with Gasteiger partial charge in [-0.2, -0.15) is 4.31 Å². The predicted molar refractivity (Wildman–Crippen MR) is 127 cm³/mol. The van der Waals surface area contributed by atoms with Gasteiger partial charge in [0.1, 0.15) is 10.6 Å². The number of aromatic nitrogens is 1. The molecule has 7 nitrogen and oxygen atoms in total. The van der Waals surface area contributed by atoms with Crippen molar-refractivity contribution in [3.05, 3.63) is 48.0 Å². The van der Waals surface area contributed by atoms with E-state index in [2.05, 4.69) is 18.8 Å². The topological polar surface area (TPSA) is 79.8 Å². The number of hydrogen-bond acceptors (Lipinski definition) is 6. The van der Waals surface area contributed by atoms with E-state index in [1.54, 1.807) is 19.2 Å². The number of nitrogens with zero attached hydrogens (tertiary/aromatic N) is 3. The molecule has 1 aliphatic rings. The molecule has 4 rings (SSSR count). The molecule has 1 saturated heterocycles. The molecule has 9 heteroatoms. The quantitative estimate of drug-likeness (QED) is 0.554. The Balaban J connectivity index is 1.68. The summed E-state index contributed by atoms with van der Waals surface area (Å²) in [5, 5.41) is 0.551. The average Bonchev–Trinajstić information content (AvgIpc) is 3.21. The van der Waals surface area contributed by atoms with Crippen LogP contribution in [0, 0.1) is 11.8 Å². The molecule has 1 amide bonds. The largest absolute Gasteiger partial charge is 0.495 e. The van der Waals surface area contributed by atoms with Crippen molar-refractivity contribution in [3.63, 3.8) is 0 Å². The molecular formula is C23H27N3O4S2. The molecule has 2 heterocycles. The SMILES string of the molecule is COc1ccc(C(=O)N(C)c2nc3ccccc3s2)cc1S(=O)(=O)N1C[C@H](C)C[C@H](C)C1. The van der Waals surface area contributed by atoms with Crippen LogP contribution < -0.4 is 9.64 Å². The lowest BCUT2D eigenvalue weighted by Crippen LogP contribution is -2.42. The maximum atomic E-state index is 13.5. The van der Waals surface area contributed by atoms with Gasteiger partial charge in [-0.25, -0.2) is 13.4 Å². The van der Waals surface area contributed by atoms with Crippen molar-refractivity contribution >= 4 is 42.6 Å². The lowest BCUT2D eigenvalue weighted by Gasteiger charge is -2.34. The highest BCUT2D eigenvalue weighted by Gasteiger charge is 2.34. The van der Waals surface area contributed by atoms with Crippen molar-refractivity contribution in [3.8, 4) is 5.75 Å². The zero-order valence-electron chi connectivity index (χ0n) is 18.6. The number of thiazole rings is 1. The summed E-state index contributed by atoms with van der Waals surface area (Å²) in [4.78, 5) is 19.2. The minimum absolute atomic E-state index is 0.0184. The van der Waals surface area contributed by atoms with Gasteiger partial charge in [0, 0.05) is 25.7 Å². The molecule has 2 atom stereocenters. The number of sulfonamides is 1. The number of hydrogen-bond donors (Lipinski definition) is 0. The summed E-state index contributed by atoms with van der Waals surface area (Å²) in [5.74, 6) is 0.447. The van der Waals surface area contributed by atoms with E-state index in [4.69, 9.17) is 4.74 Å². The summed E-state index contributed by atoms with van der Waals surface area (Å²) >= 11 is 1.41. The molecule has 0 aliphatic carbocycles. The number of fused-ring (bicyclic) bond motifs is 1. The Morgan fingerprint density at radius 3 is 2.50 bits per heavy atom. The van der Waals surface area contributed by atoms with Crippen molar-refractivity contribution in [2.24, 2.45) is 11.8 Å². The van der Waals surface area contributed by atoms with Gasteiger partial charge in [-0.3, -0.25) is 9.69 Å². The number of benzene rings is 2. The van der Waals surface area contributed by atoms with Crippen LogP contribution >= 0.6 is 11.3 Å². The van der Waals surface area contributed by atoms with E-state index in [1.807, 2.05) is 24.3 Å². The minimum atomic E-state index is -3.81. The minimum Gasteiger partial charge on any atom is -0.495 e. The van der Waals surface area contributed by atoms with Crippen molar-refractivity contribution in [2.45, 2.75) is 25.2 Å². The van der Waals surface area contributed by atoms with E-state index in [-0.39, 0.29) is 34.0 Å². The van der Waals surface area contributed by atoms with Crippen LogP contribution in [0.25, 0.3) is 10.2 Å². The van der Waals surface area contributed by atoms with Crippen molar-refractivity contribution in [1.29, 1.82) is 0 Å². The third-order valence-corrected chi connectivity index (χ3v) is 8.70. The maximum Gasteiger partial charge on any atom is 0.259 e. The monoisotopic (exact) mass is 473 g/mol. The van der Waals surface area contributed by atoms with Crippen LogP contribution in [-0.2, 0) is 10.0 Å². The van der Waals surface area contributed by atoms with Crippen molar-refractivity contribution in [1.82, 2.24) is 9.29 Å². The highest BCUT2D eigenvalue weighted by molar-refractivity contribution is 7.89. The predicted octanol–water partition coefficient (Wildman–Crippen LogP) is 4.25. The molecule has 32 heavy (non-hydrogen) atoms. The summed E-state index contributed by atoms with van der Waals surface area (Å²) in [7, 11) is -0.733. The number of carbonyl (C=O) groups excluding carboxylic acids is 1. The van der Waals surface area contributed by atoms with Gasteiger partial charge in [0.25, 0.3) is 5.91 Å². The Kier molecular flexibility index (Phi) is 6.24.